The fourth-order valence-corrected chi connectivity index (χ4v) is 3.27. The van der Waals surface area contributed by atoms with Gasteiger partial charge in [0, 0.05) is 25.5 Å². The first-order valence-corrected chi connectivity index (χ1v) is 8.48. The summed E-state index contributed by atoms with van der Waals surface area (Å²) in [6.45, 7) is 3.26. The van der Waals surface area contributed by atoms with Gasteiger partial charge in [0.2, 0.25) is 0 Å². The molecule has 0 radical (unpaired) electrons. The van der Waals surface area contributed by atoms with Gasteiger partial charge in [0.25, 0.3) is 5.91 Å². The van der Waals surface area contributed by atoms with Crippen molar-refractivity contribution in [2.75, 3.05) is 13.1 Å². The van der Waals surface area contributed by atoms with E-state index in [4.69, 9.17) is 0 Å². The lowest BCUT2D eigenvalue weighted by Gasteiger charge is -2.33. The molecule has 25 heavy (non-hydrogen) atoms. The van der Waals surface area contributed by atoms with Crippen LogP contribution in [0.1, 0.15) is 35.1 Å². The summed E-state index contributed by atoms with van der Waals surface area (Å²) in [5.74, 6) is -0.0514. The van der Waals surface area contributed by atoms with Crippen LogP contribution in [0.5, 0.6) is 0 Å². The van der Waals surface area contributed by atoms with Crippen LogP contribution in [0.25, 0.3) is 5.69 Å². The smallest absolute Gasteiger partial charge is 0.276 e. The molecular weight excluding hydrogens is 316 g/mol. The second-order valence-electron chi connectivity index (χ2n) is 6.32. The van der Waals surface area contributed by atoms with Gasteiger partial charge in [-0.05, 0) is 31.9 Å². The van der Waals surface area contributed by atoms with E-state index < -0.39 is 0 Å². The van der Waals surface area contributed by atoms with Crippen molar-refractivity contribution in [1.29, 1.82) is 0 Å². The van der Waals surface area contributed by atoms with Crippen LogP contribution < -0.4 is 0 Å². The summed E-state index contributed by atoms with van der Waals surface area (Å²) in [4.78, 5) is 20.5. The van der Waals surface area contributed by atoms with Gasteiger partial charge in [-0.2, -0.15) is 9.90 Å². The number of para-hydroxylation sites is 1. The molecule has 1 fully saturated rings. The van der Waals surface area contributed by atoms with Crippen LogP contribution in [0, 0.1) is 6.92 Å². The van der Waals surface area contributed by atoms with E-state index in [1.807, 2.05) is 54.7 Å². The van der Waals surface area contributed by atoms with E-state index in [-0.39, 0.29) is 11.9 Å². The number of aromatic nitrogens is 5. The maximum absolute atomic E-state index is 13.0. The zero-order valence-corrected chi connectivity index (χ0v) is 14.1. The first-order valence-electron chi connectivity index (χ1n) is 8.48. The third-order valence-corrected chi connectivity index (χ3v) is 4.60. The molecule has 1 aromatic carbocycles. The van der Waals surface area contributed by atoms with Gasteiger partial charge < -0.3 is 9.47 Å². The molecule has 1 atom stereocenters. The predicted octanol–water partition coefficient (Wildman–Crippen LogP) is 2.25. The topological polar surface area (TPSA) is 68.8 Å². The second kappa shape index (κ2) is 6.51. The van der Waals surface area contributed by atoms with Crippen LogP contribution in [-0.2, 0) is 0 Å². The number of rotatable bonds is 3. The molecule has 7 nitrogen and oxygen atoms in total. The molecule has 1 aliphatic heterocycles. The van der Waals surface area contributed by atoms with Crippen molar-refractivity contribution in [2.45, 2.75) is 25.8 Å². The van der Waals surface area contributed by atoms with E-state index in [9.17, 15) is 4.79 Å². The molecule has 0 saturated carbocycles. The van der Waals surface area contributed by atoms with E-state index in [0.29, 0.717) is 17.9 Å². The standard InChI is InChI=1S/C18H20N6O/c1-14-17(21-24(20-14)15-6-3-2-4-7-15)18(25)22-10-5-8-16(12-22)23-11-9-19-13-23/h2-4,6-7,9,11,13,16H,5,8,10,12H2,1H3/t16-/m0/s1. The number of carbonyl (C=O) groups excluding carboxylic acids is 1. The highest BCUT2D eigenvalue weighted by Gasteiger charge is 2.28. The molecule has 2 aromatic heterocycles. The molecular formula is C18H20N6O. The normalized spacial score (nSPS) is 17.6. The molecule has 3 aromatic rings. The van der Waals surface area contributed by atoms with Crippen LogP contribution >= 0.6 is 0 Å². The number of likely N-dealkylation sites (tertiary alicyclic amines) is 1. The number of hydrogen-bond donors (Lipinski definition) is 0. The first kappa shape index (κ1) is 15.6. The first-order chi connectivity index (χ1) is 12.2. The maximum Gasteiger partial charge on any atom is 0.276 e. The van der Waals surface area contributed by atoms with E-state index >= 15 is 0 Å². The third-order valence-electron chi connectivity index (χ3n) is 4.60. The van der Waals surface area contributed by atoms with Gasteiger partial charge in [0.15, 0.2) is 5.69 Å². The van der Waals surface area contributed by atoms with Gasteiger partial charge in [0.1, 0.15) is 0 Å². The minimum absolute atomic E-state index is 0.0514. The zero-order valence-electron chi connectivity index (χ0n) is 14.1. The Morgan fingerprint density at radius 3 is 2.80 bits per heavy atom. The number of hydrogen-bond acceptors (Lipinski definition) is 4. The lowest BCUT2D eigenvalue weighted by Crippen LogP contribution is -2.41. The molecule has 0 N–H and O–H groups in total. The average molecular weight is 336 g/mol. The van der Waals surface area contributed by atoms with Gasteiger partial charge in [0.05, 0.1) is 23.8 Å². The van der Waals surface area contributed by atoms with Gasteiger partial charge in [-0.25, -0.2) is 4.98 Å². The summed E-state index contributed by atoms with van der Waals surface area (Å²) in [6, 6.07) is 9.90. The van der Waals surface area contributed by atoms with Gasteiger partial charge in [-0.1, -0.05) is 18.2 Å². The summed E-state index contributed by atoms with van der Waals surface area (Å²) in [7, 11) is 0. The zero-order chi connectivity index (χ0) is 17.2. The molecule has 3 heterocycles. The van der Waals surface area contributed by atoms with Gasteiger partial charge in [-0.3, -0.25) is 4.79 Å². The summed E-state index contributed by atoms with van der Waals surface area (Å²) in [5.41, 5.74) is 1.92. The molecule has 7 heteroatoms. The molecule has 1 aliphatic rings. The summed E-state index contributed by atoms with van der Waals surface area (Å²) >= 11 is 0. The monoisotopic (exact) mass is 336 g/mol. The Hall–Kier alpha value is -2.96. The van der Waals surface area contributed by atoms with E-state index in [1.54, 1.807) is 6.20 Å². The predicted molar refractivity (Wildman–Crippen MR) is 92.5 cm³/mol. The average Bonchev–Trinajstić information content (AvgIpc) is 3.32. The number of benzene rings is 1. The number of nitrogens with zero attached hydrogens (tertiary/aromatic N) is 6. The van der Waals surface area contributed by atoms with Crippen LogP contribution in [-0.4, -0.2) is 48.4 Å². The minimum atomic E-state index is -0.0514. The molecule has 128 valence electrons. The Labute approximate surface area is 145 Å². The molecule has 0 bridgehead atoms. The minimum Gasteiger partial charge on any atom is -0.335 e. The maximum atomic E-state index is 13.0. The Bertz CT molecular complexity index is 855. The van der Waals surface area contributed by atoms with Crippen molar-refractivity contribution in [1.82, 2.24) is 29.4 Å². The Morgan fingerprint density at radius 2 is 2.04 bits per heavy atom. The van der Waals surface area contributed by atoms with Crippen LogP contribution in [0.3, 0.4) is 0 Å². The Kier molecular flexibility index (Phi) is 4.05. The third kappa shape index (κ3) is 3.05. The Morgan fingerprint density at radius 1 is 1.20 bits per heavy atom. The lowest BCUT2D eigenvalue weighted by molar-refractivity contribution is 0.0672. The number of carbonyl (C=O) groups is 1. The molecule has 0 spiro atoms. The van der Waals surface area contributed by atoms with Crippen LogP contribution in [0.2, 0.25) is 0 Å². The van der Waals surface area contributed by atoms with E-state index in [2.05, 4.69) is 19.7 Å². The molecule has 1 saturated heterocycles. The molecule has 0 aliphatic carbocycles. The van der Waals surface area contributed by atoms with Crippen molar-refractivity contribution in [3.05, 3.63) is 60.4 Å². The van der Waals surface area contributed by atoms with Crippen molar-refractivity contribution in [2.24, 2.45) is 0 Å². The SMILES string of the molecule is Cc1nn(-c2ccccc2)nc1C(=O)N1CCC[C@H](n2ccnc2)C1. The fourth-order valence-electron chi connectivity index (χ4n) is 3.27. The van der Waals surface area contributed by atoms with E-state index in [0.717, 1.165) is 25.1 Å². The number of piperidine rings is 1. The number of imidazole rings is 1. The van der Waals surface area contributed by atoms with Crippen LogP contribution in [0.4, 0.5) is 0 Å². The summed E-state index contributed by atoms with van der Waals surface area (Å²) < 4.78 is 2.08. The highest BCUT2D eigenvalue weighted by atomic mass is 16.2. The van der Waals surface area contributed by atoms with Gasteiger partial charge in [-0.15, -0.1) is 5.10 Å². The quantitative estimate of drug-likeness (QED) is 0.736. The van der Waals surface area contributed by atoms with E-state index in [1.165, 1.54) is 4.80 Å². The van der Waals surface area contributed by atoms with Crippen molar-refractivity contribution in [3.8, 4) is 5.69 Å². The number of aryl methyl sites for hydroxylation is 1. The highest BCUT2D eigenvalue weighted by molar-refractivity contribution is 5.93. The molecule has 0 unspecified atom stereocenters. The second-order valence-corrected chi connectivity index (χ2v) is 6.32. The lowest BCUT2D eigenvalue weighted by atomic mass is 10.1. The summed E-state index contributed by atoms with van der Waals surface area (Å²) in [6.07, 6.45) is 7.57. The van der Waals surface area contributed by atoms with Crippen molar-refractivity contribution < 1.29 is 4.79 Å². The van der Waals surface area contributed by atoms with Crippen molar-refractivity contribution in [3.63, 3.8) is 0 Å². The summed E-state index contributed by atoms with van der Waals surface area (Å²) in [5, 5.41) is 8.85. The molecule has 1 amide bonds. The Balaban J connectivity index is 1.55. The van der Waals surface area contributed by atoms with Crippen molar-refractivity contribution >= 4 is 5.91 Å². The van der Waals surface area contributed by atoms with Crippen LogP contribution in [0.15, 0.2) is 49.1 Å². The number of amides is 1. The van der Waals surface area contributed by atoms with Gasteiger partial charge >= 0.3 is 0 Å². The highest BCUT2D eigenvalue weighted by Crippen LogP contribution is 2.23. The fraction of sp³-hybridized carbons (Fsp3) is 0.333. The largest absolute Gasteiger partial charge is 0.335 e. The molecule has 4 rings (SSSR count).